The molecule has 0 bridgehead atoms. The minimum atomic E-state index is 0.0360. The number of rotatable bonds is 6. The number of methoxy groups -OCH3 is 1. The lowest BCUT2D eigenvalue weighted by atomic mass is 10.1. The Morgan fingerprint density at radius 3 is 2.76 bits per heavy atom. The molecule has 1 unspecified atom stereocenters. The predicted molar refractivity (Wildman–Crippen MR) is 81.8 cm³/mol. The van der Waals surface area contributed by atoms with Crippen LogP contribution < -0.4 is 15.7 Å². The summed E-state index contributed by atoms with van der Waals surface area (Å²) in [6, 6.07) is 8.36. The second kappa shape index (κ2) is 5.77. The van der Waals surface area contributed by atoms with Gasteiger partial charge in [0.1, 0.15) is 5.75 Å². The van der Waals surface area contributed by atoms with E-state index in [-0.39, 0.29) is 11.7 Å². The Labute approximate surface area is 124 Å². The number of nitrogens with one attached hydrogen (secondary N) is 1. The van der Waals surface area contributed by atoms with E-state index in [1.807, 2.05) is 48.3 Å². The van der Waals surface area contributed by atoms with Gasteiger partial charge in [-0.3, -0.25) is 9.13 Å². The van der Waals surface area contributed by atoms with Gasteiger partial charge in [-0.15, -0.1) is 0 Å². The van der Waals surface area contributed by atoms with Crippen molar-refractivity contribution in [3.63, 3.8) is 0 Å². The molecule has 1 aliphatic rings. The van der Waals surface area contributed by atoms with E-state index >= 15 is 0 Å². The molecule has 5 nitrogen and oxygen atoms in total. The Morgan fingerprint density at radius 1 is 1.33 bits per heavy atom. The van der Waals surface area contributed by atoms with Crippen molar-refractivity contribution in [2.24, 2.45) is 0 Å². The van der Waals surface area contributed by atoms with Gasteiger partial charge in [0, 0.05) is 30.5 Å². The van der Waals surface area contributed by atoms with E-state index in [1.165, 1.54) is 0 Å². The highest BCUT2D eigenvalue weighted by Gasteiger charge is 2.26. The molecule has 1 aliphatic carbocycles. The van der Waals surface area contributed by atoms with Gasteiger partial charge < -0.3 is 10.1 Å². The van der Waals surface area contributed by atoms with E-state index in [9.17, 15) is 4.79 Å². The summed E-state index contributed by atoms with van der Waals surface area (Å²) in [5.74, 6) is 0.839. The van der Waals surface area contributed by atoms with Gasteiger partial charge in [0.25, 0.3) is 0 Å². The molecule has 1 atom stereocenters. The van der Waals surface area contributed by atoms with Crippen LogP contribution in [-0.2, 0) is 6.54 Å². The minimum Gasteiger partial charge on any atom is -0.496 e. The SMILES string of the molecule is CNC(Cn1ccn(C2CC2)c1=O)c1ccccc1OC. The fraction of sp³-hybridized carbons (Fsp3) is 0.438. The van der Waals surface area contributed by atoms with Crippen molar-refractivity contribution in [1.29, 1.82) is 0 Å². The summed E-state index contributed by atoms with van der Waals surface area (Å²) in [6.07, 6.45) is 6.01. The molecule has 0 radical (unpaired) electrons. The van der Waals surface area contributed by atoms with Gasteiger partial charge in [0.2, 0.25) is 0 Å². The average Bonchev–Trinajstić information content (AvgIpc) is 3.30. The van der Waals surface area contributed by atoms with Gasteiger partial charge in [-0.05, 0) is 26.0 Å². The molecule has 112 valence electrons. The van der Waals surface area contributed by atoms with Crippen LogP contribution in [0.1, 0.15) is 30.5 Å². The average molecular weight is 287 g/mol. The molecular formula is C16H21N3O2. The first-order valence-electron chi connectivity index (χ1n) is 7.32. The van der Waals surface area contributed by atoms with E-state index in [0.29, 0.717) is 12.6 Å². The van der Waals surface area contributed by atoms with Crippen LogP contribution >= 0.6 is 0 Å². The van der Waals surface area contributed by atoms with Gasteiger partial charge in [0.15, 0.2) is 0 Å². The Balaban J connectivity index is 1.86. The van der Waals surface area contributed by atoms with E-state index in [1.54, 1.807) is 11.7 Å². The number of imidazole rings is 1. The number of hydrogen-bond donors (Lipinski definition) is 1. The zero-order chi connectivity index (χ0) is 14.8. The molecule has 0 amide bonds. The van der Waals surface area contributed by atoms with Crippen LogP contribution in [0.25, 0.3) is 0 Å². The lowest BCUT2D eigenvalue weighted by Gasteiger charge is -2.19. The summed E-state index contributed by atoms with van der Waals surface area (Å²) < 4.78 is 9.03. The maximum absolute atomic E-state index is 12.4. The fourth-order valence-corrected chi connectivity index (χ4v) is 2.69. The van der Waals surface area contributed by atoms with E-state index in [4.69, 9.17) is 4.74 Å². The predicted octanol–water partition coefficient (Wildman–Crippen LogP) is 1.95. The zero-order valence-electron chi connectivity index (χ0n) is 12.5. The highest BCUT2D eigenvalue weighted by molar-refractivity contribution is 5.35. The van der Waals surface area contributed by atoms with Gasteiger partial charge >= 0.3 is 5.69 Å². The molecule has 21 heavy (non-hydrogen) atoms. The molecule has 0 spiro atoms. The van der Waals surface area contributed by atoms with Crippen molar-refractivity contribution < 1.29 is 4.74 Å². The fourth-order valence-electron chi connectivity index (χ4n) is 2.69. The van der Waals surface area contributed by atoms with Gasteiger partial charge in [-0.2, -0.15) is 0 Å². The molecule has 1 aromatic carbocycles. The van der Waals surface area contributed by atoms with Crippen molar-refractivity contribution in [2.45, 2.75) is 31.5 Å². The molecule has 0 saturated heterocycles. The summed E-state index contributed by atoms with van der Waals surface area (Å²) >= 11 is 0. The number of nitrogens with zero attached hydrogens (tertiary/aromatic N) is 2. The summed E-state index contributed by atoms with van der Waals surface area (Å²) in [6.45, 7) is 0.593. The Bertz CT molecular complexity index is 670. The second-order valence-electron chi connectivity index (χ2n) is 5.45. The summed E-state index contributed by atoms with van der Waals surface area (Å²) in [5, 5.41) is 3.27. The van der Waals surface area contributed by atoms with Gasteiger partial charge in [0.05, 0.1) is 13.2 Å². The smallest absolute Gasteiger partial charge is 0.328 e. The number of benzene rings is 1. The number of ether oxygens (including phenoxy) is 1. The normalized spacial score (nSPS) is 15.9. The summed E-state index contributed by atoms with van der Waals surface area (Å²) in [7, 11) is 3.57. The van der Waals surface area contributed by atoms with Crippen molar-refractivity contribution in [2.75, 3.05) is 14.2 Å². The van der Waals surface area contributed by atoms with Crippen LogP contribution in [0, 0.1) is 0 Å². The van der Waals surface area contributed by atoms with E-state index in [0.717, 1.165) is 24.2 Å². The molecular weight excluding hydrogens is 266 g/mol. The van der Waals surface area contributed by atoms with Crippen molar-refractivity contribution in [1.82, 2.24) is 14.5 Å². The molecule has 3 rings (SSSR count). The molecule has 0 aliphatic heterocycles. The lowest BCUT2D eigenvalue weighted by molar-refractivity contribution is 0.393. The van der Waals surface area contributed by atoms with E-state index in [2.05, 4.69) is 5.32 Å². The third kappa shape index (κ3) is 2.74. The molecule has 1 fully saturated rings. The molecule has 2 aromatic rings. The van der Waals surface area contributed by atoms with Gasteiger partial charge in [-0.1, -0.05) is 18.2 Å². The molecule has 1 aromatic heterocycles. The van der Waals surface area contributed by atoms with Crippen molar-refractivity contribution in [3.8, 4) is 5.75 Å². The third-order valence-electron chi connectivity index (χ3n) is 4.06. The van der Waals surface area contributed by atoms with Crippen molar-refractivity contribution in [3.05, 3.63) is 52.7 Å². The Morgan fingerprint density at radius 2 is 2.10 bits per heavy atom. The maximum atomic E-state index is 12.4. The zero-order valence-corrected chi connectivity index (χ0v) is 12.5. The van der Waals surface area contributed by atoms with Crippen LogP contribution in [0.3, 0.4) is 0 Å². The quantitative estimate of drug-likeness (QED) is 0.883. The molecule has 1 N–H and O–H groups in total. The first-order chi connectivity index (χ1) is 10.2. The number of likely N-dealkylation sites (N-methyl/N-ethyl adjacent to an activating group) is 1. The first kappa shape index (κ1) is 13.9. The molecule has 1 saturated carbocycles. The maximum Gasteiger partial charge on any atom is 0.328 e. The Hall–Kier alpha value is -2.01. The van der Waals surface area contributed by atoms with Crippen LogP contribution in [-0.4, -0.2) is 23.3 Å². The summed E-state index contributed by atoms with van der Waals surface area (Å²) in [5.41, 5.74) is 1.14. The topological polar surface area (TPSA) is 48.2 Å². The monoisotopic (exact) mass is 287 g/mol. The van der Waals surface area contributed by atoms with Crippen LogP contribution in [0.2, 0.25) is 0 Å². The standard InChI is InChI=1S/C16H21N3O2/c1-17-14(13-5-3-4-6-15(13)21-2)11-18-9-10-19(16(18)20)12-7-8-12/h3-6,9-10,12,14,17H,7-8,11H2,1-2H3. The highest BCUT2D eigenvalue weighted by atomic mass is 16.5. The number of hydrogen-bond acceptors (Lipinski definition) is 3. The van der Waals surface area contributed by atoms with E-state index < -0.39 is 0 Å². The molecule has 1 heterocycles. The van der Waals surface area contributed by atoms with Crippen LogP contribution in [0.5, 0.6) is 5.75 Å². The number of aromatic nitrogens is 2. The lowest BCUT2D eigenvalue weighted by Crippen LogP contribution is -2.29. The first-order valence-corrected chi connectivity index (χ1v) is 7.32. The van der Waals surface area contributed by atoms with Gasteiger partial charge in [-0.25, -0.2) is 4.79 Å². The minimum absolute atomic E-state index is 0.0360. The largest absolute Gasteiger partial charge is 0.496 e. The highest BCUT2D eigenvalue weighted by Crippen LogP contribution is 2.33. The third-order valence-corrected chi connectivity index (χ3v) is 4.06. The second-order valence-corrected chi connectivity index (χ2v) is 5.45. The Kier molecular flexibility index (Phi) is 3.84. The number of para-hydroxylation sites is 1. The van der Waals surface area contributed by atoms with Crippen LogP contribution in [0.15, 0.2) is 41.5 Å². The summed E-state index contributed by atoms with van der Waals surface area (Å²) in [4.78, 5) is 12.4. The molecule has 5 heteroatoms. The van der Waals surface area contributed by atoms with Crippen molar-refractivity contribution >= 4 is 0 Å². The van der Waals surface area contributed by atoms with Crippen LogP contribution in [0.4, 0.5) is 0 Å².